The van der Waals surface area contributed by atoms with Crippen LogP contribution in [-0.4, -0.2) is 37.3 Å². The average molecular weight is 378 g/mol. The van der Waals surface area contributed by atoms with Crippen LogP contribution in [0.5, 0.6) is 0 Å². The van der Waals surface area contributed by atoms with E-state index in [1.54, 1.807) is 0 Å². The van der Waals surface area contributed by atoms with Crippen LogP contribution < -0.4 is 17.0 Å². The smallest absolute Gasteiger partial charge is 0.102 e. The summed E-state index contributed by atoms with van der Waals surface area (Å²) in [5, 5.41) is 2.78. The number of hydrogen-bond donors (Lipinski definition) is 0. The zero-order valence-electron chi connectivity index (χ0n) is 14.5. The fourth-order valence-corrected chi connectivity index (χ4v) is 3.88. The summed E-state index contributed by atoms with van der Waals surface area (Å²) in [6, 6.07) is 13.2. The lowest BCUT2D eigenvalue weighted by atomic mass is 10.1. The normalized spacial score (nSPS) is 16.6. The molecular formula is C20H28BrNO. The summed E-state index contributed by atoms with van der Waals surface area (Å²) in [6.07, 6.45) is 1.27. The highest BCUT2D eigenvalue weighted by Crippen LogP contribution is 2.38. The van der Waals surface area contributed by atoms with Crippen LogP contribution in [0.3, 0.4) is 0 Å². The molecule has 0 saturated heterocycles. The Kier molecular flexibility index (Phi) is 6.24. The molecule has 0 heterocycles. The monoisotopic (exact) mass is 377 g/mol. The number of halogens is 1. The van der Waals surface area contributed by atoms with Crippen molar-refractivity contribution in [3.05, 3.63) is 47.5 Å². The highest BCUT2D eigenvalue weighted by atomic mass is 79.9. The van der Waals surface area contributed by atoms with E-state index in [1.807, 2.05) is 0 Å². The number of likely N-dealkylation sites (N-methyl/N-ethyl adjacent to an activating group) is 1. The zero-order chi connectivity index (χ0) is 15.6. The van der Waals surface area contributed by atoms with Crippen molar-refractivity contribution >= 4 is 10.8 Å². The second kappa shape index (κ2) is 7.78. The Morgan fingerprint density at radius 3 is 2.30 bits per heavy atom. The third-order valence-corrected chi connectivity index (χ3v) is 5.67. The molecule has 3 heteroatoms. The predicted molar refractivity (Wildman–Crippen MR) is 93.1 cm³/mol. The molecule has 0 saturated carbocycles. The average Bonchev–Trinajstić information content (AvgIpc) is 2.93. The van der Waals surface area contributed by atoms with E-state index >= 15 is 0 Å². The molecule has 1 aliphatic carbocycles. The summed E-state index contributed by atoms with van der Waals surface area (Å²) in [6.45, 7) is 12.4. The Morgan fingerprint density at radius 2 is 1.65 bits per heavy atom. The second-order valence-electron chi connectivity index (χ2n) is 6.44. The van der Waals surface area contributed by atoms with E-state index in [2.05, 4.69) is 57.2 Å². The highest BCUT2D eigenvalue weighted by Gasteiger charge is 2.26. The summed E-state index contributed by atoms with van der Waals surface area (Å²) < 4.78 is 7.48. The van der Waals surface area contributed by atoms with Crippen LogP contribution in [0, 0.1) is 0 Å². The first-order valence-electron chi connectivity index (χ1n) is 8.70. The van der Waals surface area contributed by atoms with Crippen LogP contribution >= 0.6 is 0 Å². The summed E-state index contributed by atoms with van der Waals surface area (Å²) in [7, 11) is 0. The minimum Gasteiger partial charge on any atom is -1.00 e. The van der Waals surface area contributed by atoms with E-state index in [9.17, 15) is 0 Å². The fraction of sp³-hybridized carbons (Fsp3) is 0.500. The summed E-state index contributed by atoms with van der Waals surface area (Å²) in [5.74, 6) is 0. The van der Waals surface area contributed by atoms with E-state index in [0.717, 1.165) is 24.1 Å². The SMILES string of the molecule is CC[N+](CC)(CC)CCOC1Cc2cccc3cccc1c23.[Br-]. The van der Waals surface area contributed by atoms with E-state index in [0.29, 0.717) is 0 Å². The molecule has 2 aromatic rings. The highest BCUT2D eigenvalue weighted by molar-refractivity contribution is 5.91. The number of rotatable bonds is 7. The molecule has 0 amide bonds. The summed E-state index contributed by atoms with van der Waals surface area (Å²) in [5.41, 5.74) is 2.83. The lowest BCUT2D eigenvalue weighted by Gasteiger charge is -2.36. The van der Waals surface area contributed by atoms with Gasteiger partial charge in [0.2, 0.25) is 0 Å². The first kappa shape index (κ1) is 18.4. The number of ether oxygens (including phenoxy) is 1. The third-order valence-electron chi connectivity index (χ3n) is 5.67. The van der Waals surface area contributed by atoms with Crippen LogP contribution in [0.15, 0.2) is 36.4 Å². The minimum atomic E-state index is 0. The number of nitrogens with zero attached hydrogens (tertiary/aromatic N) is 1. The van der Waals surface area contributed by atoms with Gasteiger partial charge in [0, 0.05) is 6.42 Å². The first-order valence-corrected chi connectivity index (χ1v) is 8.70. The number of benzene rings is 2. The lowest BCUT2D eigenvalue weighted by molar-refractivity contribution is -0.923. The van der Waals surface area contributed by atoms with Gasteiger partial charge in [-0.25, -0.2) is 0 Å². The molecule has 0 bridgehead atoms. The van der Waals surface area contributed by atoms with Gasteiger partial charge in [0.1, 0.15) is 6.54 Å². The van der Waals surface area contributed by atoms with Crippen LogP contribution in [0.4, 0.5) is 0 Å². The van der Waals surface area contributed by atoms with Crippen LogP contribution in [-0.2, 0) is 11.2 Å². The van der Waals surface area contributed by atoms with Crippen molar-refractivity contribution in [1.82, 2.24) is 0 Å². The topological polar surface area (TPSA) is 9.23 Å². The van der Waals surface area contributed by atoms with Gasteiger partial charge in [-0.3, -0.25) is 0 Å². The molecule has 1 unspecified atom stereocenters. The Labute approximate surface area is 150 Å². The maximum Gasteiger partial charge on any atom is 0.102 e. The molecule has 126 valence electrons. The van der Waals surface area contributed by atoms with Crippen molar-refractivity contribution in [2.75, 3.05) is 32.8 Å². The van der Waals surface area contributed by atoms with Crippen molar-refractivity contribution in [2.45, 2.75) is 33.3 Å². The molecule has 2 aromatic carbocycles. The fourth-order valence-electron chi connectivity index (χ4n) is 3.88. The van der Waals surface area contributed by atoms with Crippen molar-refractivity contribution in [3.63, 3.8) is 0 Å². The van der Waals surface area contributed by atoms with Crippen LogP contribution in [0.25, 0.3) is 10.8 Å². The largest absolute Gasteiger partial charge is 1.00 e. The Balaban J connectivity index is 0.00000192. The van der Waals surface area contributed by atoms with Crippen molar-refractivity contribution in [2.24, 2.45) is 0 Å². The number of quaternary nitrogens is 1. The molecule has 23 heavy (non-hydrogen) atoms. The van der Waals surface area contributed by atoms with E-state index in [-0.39, 0.29) is 23.1 Å². The summed E-state index contributed by atoms with van der Waals surface area (Å²) >= 11 is 0. The van der Waals surface area contributed by atoms with Gasteiger partial charge in [0.05, 0.1) is 32.3 Å². The molecule has 0 fully saturated rings. The van der Waals surface area contributed by atoms with Gasteiger partial charge < -0.3 is 26.2 Å². The van der Waals surface area contributed by atoms with Gasteiger partial charge >= 0.3 is 0 Å². The lowest BCUT2D eigenvalue weighted by Crippen LogP contribution is -3.00. The third kappa shape index (κ3) is 3.47. The van der Waals surface area contributed by atoms with Gasteiger partial charge in [0.15, 0.2) is 0 Å². The quantitative estimate of drug-likeness (QED) is 0.661. The van der Waals surface area contributed by atoms with Gasteiger partial charge in [-0.1, -0.05) is 36.4 Å². The Morgan fingerprint density at radius 1 is 1.00 bits per heavy atom. The maximum absolute atomic E-state index is 6.32. The molecule has 0 aliphatic heterocycles. The molecule has 3 rings (SSSR count). The molecule has 1 aliphatic rings. The van der Waals surface area contributed by atoms with E-state index in [4.69, 9.17) is 4.74 Å². The zero-order valence-corrected chi connectivity index (χ0v) is 16.1. The van der Waals surface area contributed by atoms with Gasteiger partial charge in [-0.15, -0.1) is 0 Å². The van der Waals surface area contributed by atoms with E-state index < -0.39 is 0 Å². The van der Waals surface area contributed by atoms with Gasteiger partial charge in [-0.2, -0.15) is 0 Å². The Hall–Kier alpha value is -0.900. The molecule has 0 spiro atoms. The molecule has 2 nitrogen and oxygen atoms in total. The Bertz CT molecular complexity index is 638. The van der Waals surface area contributed by atoms with E-state index in [1.165, 1.54) is 41.5 Å². The maximum atomic E-state index is 6.32. The molecule has 0 radical (unpaired) electrons. The van der Waals surface area contributed by atoms with Gasteiger partial charge in [-0.05, 0) is 42.7 Å². The second-order valence-corrected chi connectivity index (χ2v) is 6.44. The van der Waals surface area contributed by atoms with Crippen LogP contribution in [0.2, 0.25) is 0 Å². The standard InChI is InChI=1S/C20H28NO.BrH/c1-4-21(5-2,6-3)13-14-22-19-15-17-11-7-9-16-10-8-12-18(19)20(16)17;/h7-12,19H,4-6,13-15H2,1-3H3;1H/q+1;/p-1. The van der Waals surface area contributed by atoms with Crippen LogP contribution in [0.1, 0.15) is 38.0 Å². The minimum absolute atomic E-state index is 0. The molecule has 1 atom stereocenters. The number of hydrogen-bond acceptors (Lipinski definition) is 1. The first-order chi connectivity index (χ1) is 10.7. The molecular weight excluding hydrogens is 350 g/mol. The molecule has 0 N–H and O–H groups in total. The van der Waals surface area contributed by atoms with Gasteiger partial charge in [0.25, 0.3) is 0 Å². The summed E-state index contributed by atoms with van der Waals surface area (Å²) in [4.78, 5) is 0. The van der Waals surface area contributed by atoms with Crippen molar-refractivity contribution < 1.29 is 26.2 Å². The van der Waals surface area contributed by atoms with Crippen molar-refractivity contribution in [3.8, 4) is 0 Å². The predicted octanol–water partition coefficient (Wildman–Crippen LogP) is 1.33. The molecule has 0 aromatic heterocycles. The van der Waals surface area contributed by atoms with Crippen molar-refractivity contribution in [1.29, 1.82) is 0 Å².